The highest BCUT2D eigenvalue weighted by Gasteiger charge is 2.37. The molecule has 1 aliphatic heterocycles. The van der Waals surface area contributed by atoms with E-state index in [1.165, 1.54) is 31.4 Å². The molecule has 2 aliphatic rings. The van der Waals surface area contributed by atoms with E-state index < -0.39 is 0 Å². The third-order valence-corrected chi connectivity index (χ3v) is 4.38. The first-order valence-electron chi connectivity index (χ1n) is 6.56. The minimum atomic E-state index is 0.510. The summed E-state index contributed by atoms with van der Waals surface area (Å²) < 4.78 is 4.96. The summed E-state index contributed by atoms with van der Waals surface area (Å²) >= 11 is 0. The maximum Gasteiger partial charge on any atom is 0.229 e. The van der Waals surface area contributed by atoms with Gasteiger partial charge < -0.3 is 0 Å². The molecule has 1 aliphatic carbocycles. The Morgan fingerprint density at radius 3 is 2.81 bits per heavy atom. The van der Waals surface area contributed by atoms with Crippen LogP contribution in [-0.2, 0) is 0 Å². The van der Waals surface area contributed by atoms with Crippen molar-refractivity contribution in [1.82, 2.24) is 4.57 Å². The molecule has 3 rings (SSSR count). The summed E-state index contributed by atoms with van der Waals surface area (Å²) in [5.41, 5.74) is 1.37. The molecule has 3 atom stereocenters. The van der Waals surface area contributed by atoms with E-state index in [-0.39, 0.29) is 0 Å². The van der Waals surface area contributed by atoms with E-state index in [2.05, 4.69) is 47.5 Å². The number of hydrogen-bond donors (Lipinski definition) is 0. The predicted octanol–water partition coefficient (Wildman–Crippen LogP) is 3.03. The standard InChI is InChI=1S/C14H21N2/c1-11-6-3-4-8-14(11)16-10-13-7-5-9-15(13)12(16)2/h5,7,9-12,14H,3-4,6,8H2,1-2H3/q+1. The van der Waals surface area contributed by atoms with Crippen molar-refractivity contribution >= 4 is 6.21 Å². The Bertz CT molecular complexity index is 416. The molecule has 0 spiro atoms. The third kappa shape index (κ3) is 1.43. The van der Waals surface area contributed by atoms with Crippen molar-refractivity contribution in [3.8, 4) is 0 Å². The molecule has 0 radical (unpaired) electrons. The summed E-state index contributed by atoms with van der Waals surface area (Å²) in [7, 11) is 0. The van der Waals surface area contributed by atoms with Gasteiger partial charge in [0.15, 0.2) is 12.3 Å². The molecule has 86 valence electrons. The lowest BCUT2D eigenvalue weighted by molar-refractivity contribution is -0.619. The predicted molar refractivity (Wildman–Crippen MR) is 66.0 cm³/mol. The average Bonchev–Trinajstić information content (AvgIpc) is 2.83. The third-order valence-electron chi connectivity index (χ3n) is 4.38. The van der Waals surface area contributed by atoms with Gasteiger partial charge in [0.2, 0.25) is 6.17 Å². The number of fused-ring (bicyclic) bond motifs is 1. The minimum absolute atomic E-state index is 0.510. The summed E-state index contributed by atoms with van der Waals surface area (Å²) in [6, 6.07) is 5.11. The van der Waals surface area contributed by atoms with Gasteiger partial charge in [-0.05, 0) is 25.0 Å². The van der Waals surface area contributed by atoms with Crippen LogP contribution in [0.5, 0.6) is 0 Å². The Kier molecular flexibility index (Phi) is 2.38. The summed E-state index contributed by atoms with van der Waals surface area (Å²) in [6.07, 6.45) is 10.7. The number of aromatic nitrogens is 1. The zero-order valence-corrected chi connectivity index (χ0v) is 10.3. The minimum Gasteiger partial charge on any atom is -0.285 e. The molecule has 0 amide bonds. The lowest BCUT2D eigenvalue weighted by Crippen LogP contribution is -2.36. The van der Waals surface area contributed by atoms with E-state index in [9.17, 15) is 0 Å². The lowest BCUT2D eigenvalue weighted by atomic mass is 9.85. The molecule has 1 fully saturated rings. The van der Waals surface area contributed by atoms with Crippen LogP contribution < -0.4 is 0 Å². The largest absolute Gasteiger partial charge is 0.285 e. The molecule has 2 heterocycles. The van der Waals surface area contributed by atoms with Crippen LogP contribution >= 0.6 is 0 Å². The van der Waals surface area contributed by atoms with E-state index in [0.717, 1.165) is 12.0 Å². The first-order chi connectivity index (χ1) is 7.77. The molecule has 16 heavy (non-hydrogen) atoms. The Morgan fingerprint density at radius 1 is 1.25 bits per heavy atom. The van der Waals surface area contributed by atoms with Gasteiger partial charge in [0.1, 0.15) is 5.69 Å². The number of rotatable bonds is 1. The molecule has 2 heteroatoms. The molecule has 0 N–H and O–H groups in total. The van der Waals surface area contributed by atoms with E-state index in [0.29, 0.717) is 6.17 Å². The van der Waals surface area contributed by atoms with Crippen molar-refractivity contribution in [2.24, 2.45) is 5.92 Å². The second kappa shape index (κ2) is 3.76. The molecule has 0 aromatic carbocycles. The summed E-state index contributed by atoms with van der Waals surface area (Å²) in [5, 5.41) is 0. The van der Waals surface area contributed by atoms with E-state index in [1.54, 1.807) is 0 Å². The summed E-state index contributed by atoms with van der Waals surface area (Å²) in [6.45, 7) is 4.73. The smallest absolute Gasteiger partial charge is 0.229 e. The van der Waals surface area contributed by atoms with Crippen molar-refractivity contribution in [1.29, 1.82) is 0 Å². The van der Waals surface area contributed by atoms with Crippen molar-refractivity contribution in [3.05, 3.63) is 24.0 Å². The Balaban J connectivity index is 1.89. The lowest BCUT2D eigenvalue weighted by Gasteiger charge is -2.27. The molecule has 3 unspecified atom stereocenters. The van der Waals surface area contributed by atoms with Gasteiger partial charge in [-0.1, -0.05) is 13.3 Å². The highest BCUT2D eigenvalue weighted by atomic mass is 15.3. The van der Waals surface area contributed by atoms with Gasteiger partial charge in [0.25, 0.3) is 0 Å². The fourth-order valence-electron chi connectivity index (χ4n) is 3.37. The molecular formula is C14H21N2+. The number of hydrogen-bond acceptors (Lipinski definition) is 0. The average molecular weight is 217 g/mol. The van der Waals surface area contributed by atoms with Crippen LogP contribution in [-0.4, -0.2) is 21.4 Å². The molecule has 0 saturated heterocycles. The highest BCUT2D eigenvalue weighted by molar-refractivity contribution is 5.74. The van der Waals surface area contributed by atoms with Crippen molar-refractivity contribution < 1.29 is 4.58 Å². The van der Waals surface area contributed by atoms with Crippen molar-refractivity contribution in [2.45, 2.75) is 51.7 Å². The zero-order chi connectivity index (χ0) is 11.1. The Morgan fingerprint density at radius 2 is 2.06 bits per heavy atom. The molecule has 0 bridgehead atoms. The van der Waals surface area contributed by atoms with Gasteiger partial charge >= 0.3 is 0 Å². The van der Waals surface area contributed by atoms with Crippen LogP contribution in [0, 0.1) is 5.92 Å². The fourth-order valence-corrected chi connectivity index (χ4v) is 3.37. The van der Waals surface area contributed by atoms with E-state index >= 15 is 0 Å². The van der Waals surface area contributed by atoms with Crippen LogP contribution in [0.2, 0.25) is 0 Å². The van der Waals surface area contributed by atoms with Crippen LogP contribution in [0.25, 0.3) is 0 Å². The zero-order valence-electron chi connectivity index (χ0n) is 10.3. The van der Waals surface area contributed by atoms with E-state index in [4.69, 9.17) is 0 Å². The van der Waals surface area contributed by atoms with Crippen molar-refractivity contribution in [2.75, 3.05) is 0 Å². The maximum absolute atomic E-state index is 2.58. The monoisotopic (exact) mass is 217 g/mol. The van der Waals surface area contributed by atoms with Crippen LogP contribution in [0.1, 0.15) is 51.4 Å². The quantitative estimate of drug-likeness (QED) is 0.639. The van der Waals surface area contributed by atoms with Gasteiger partial charge in [-0.2, -0.15) is 0 Å². The van der Waals surface area contributed by atoms with Gasteiger partial charge in [-0.15, -0.1) is 0 Å². The molecule has 2 nitrogen and oxygen atoms in total. The SMILES string of the molecule is CC1CCCCC1[N+]1=Cc2cccn2C1C. The van der Waals surface area contributed by atoms with Gasteiger partial charge in [-0.25, -0.2) is 4.58 Å². The fraction of sp³-hybridized carbons (Fsp3) is 0.643. The van der Waals surface area contributed by atoms with Crippen molar-refractivity contribution in [3.63, 3.8) is 0 Å². The molecule has 1 aromatic rings. The normalized spacial score (nSPS) is 33.6. The van der Waals surface area contributed by atoms with Gasteiger partial charge in [0.05, 0.1) is 0 Å². The van der Waals surface area contributed by atoms with Crippen LogP contribution in [0.15, 0.2) is 18.3 Å². The number of nitrogens with zero attached hydrogens (tertiary/aromatic N) is 2. The summed E-state index contributed by atoms with van der Waals surface area (Å²) in [4.78, 5) is 0. The summed E-state index contributed by atoms with van der Waals surface area (Å²) in [5.74, 6) is 0.844. The van der Waals surface area contributed by atoms with Gasteiger partial charge in [-0.3, -0.25) is 4.57 Å². The highest BCUT2D eigenvalue weighted by Crippen LogP contribution is 2.31. The second-order valence-corrected chi connectivity index (χ2v) is 5.38. The first-order valence-corrected chi connectivity index (χ1v) is 6.56. The van der Waals surface area contributed by atoms with E-state index in [1.807, 2.05) is 0 Å². The second-order valence-electron chi connectivity index (χ2n) is 5.38. The molecular weight excluding hydrogens is 196 g/mol. The topological polar surface area (TPSA) is 7.94 Å². The molecule has 1 saturated carbocycles. The maximum atomic E-state index is 2.58. The Hall–Kier alpha value is -1.05. The van der Waals surface area contributed by atoms with Crippen LogP contribution in [0.3, 0.4) is 0 Å². The Labute approximate surface area is 97.6 Å². The van der Waals surface area contributed by atoms with Gasteiger partial charge in [0, 0.05) is 25.5 Å². The van der Waals surface area contributed by atoms with Crippen LogP contribution in [0.4, 0.5) is 0 Å². The first kappa shape index (κ1) is 10.1. The molecule has 1 aromatic heterocycles.